The van der Waals surface area contributed by atoms with Crippen molar-refractivity contribution in [3.05, 3.63) is 65.6 Å². The molecule has 126 valence electrons. The Hall–Kier alpha value is -3.22. The van der Waals surface area contributed by atoms with Crippen molar-refractivity contribution in [3.8, 4) is 6.07 Å². The lowest BCUT2D eigenvalue weighted by Gasteiger charge is -2.07. The minimum absolute atomic E-state index is 0.0723. The summed E-state index contributed by atoms with van der Waals surface area (Å²) in [5.41, 5.74) is 3.00. The number of rotatable bonds is 4. The van der Waals surface area contributed by atoms with Crippen molar-refractivity contribution in [3.63, 3.8) is 0 Å². The van der Waals surface area contributed by atoms with Gasteiger partial charge in [-0.3, -0.25) is 10.2 Å². The fraction of sp³-hybridized carbons (Fsp3) is 0. The van der Waals surface area contributed by atoms with Gasteiger partial charge in [-0.1, -0.05) is 0 Å². The van der Waals surface area contributed by atoms with Gasteiger partial charge in [-0.2, -0.15) is 5.26 Å². The van der Waals surface area contributed by atoms with Gasteiger partial charge in [0.15, 0.2) is 0 Å². The molecule has 0 spiro atoms. The van der Waals surface area contributed by atoms with E-state index in [9.17, 15) is 17.6 Å². The molecule has 7 nitrogen and oxygen atoms in total. The van der Waals surface area contributed by atoms with E-state index in [2.05, 4.69) is 10.4 Å². The van der Waals surface area contributed by atoms with Crippen LogP contribution in [0.2, 0.25) is 0 Å². The highest BCUT2D eigenvalue weighted by Gasteiger charge is 2.17. The Labute approximate surface area is 142 Å². The second kappa shape index (κ2) is 6.35. The number of carbonyl (C=O) groups excluding carboxylic acids is 1. The van der Waals surface area contributed by atoms with Crippen LogP contribution in [0.4, 0.5) is 4.39 Å². The number of benzene rings is 2. The van der Waals surface area contributed by atoms with Crippen molar-refractivity contribution < 1.29 is 17.6 Å². The SMILES string of the molecule is N#Cc1ccc(S(=O)(=O)NNC(=O)c2cc3cc(F)ccc3[nH]2)cc1. The summed E-state index contributed by atoms with van der Waals surface area (Å²) in [6.45, 7) is 0. The molecule has 0 bridgehead atoms. The van der Waals surface area contributed by atoms with Gasteiger partial charge in [0, 0.05) is 10.9 Å². The number of nitrogens with one attached hydrogen (secondary N) is 3. The van der Waals surface area contributed by atoms with Crippen molar-refractivity contribution in [1.29, 1.82) is 5.26 Å². The Morgan fingerprint density at radius 2 is 1.84 bits per heavy atom. The number of hydrogen-bond donors (Lipinski definition) is 3. The van der Waals surface area contributed by atoms with Crippen LogP contribution in [0.15, 0.2) is 53.4 Å². The summed E-state index contributed by atoms with van der Waals surface area (Å²) in [5, 5.41) is 9.20. The van der Waals surface area contributed by atoms with E-state index in [4.69, 9.17) is 5.26 Å². The number of aromatic nitrogens is 1. The third kappa shape index (κ3) is 3.50. The van der Waals surface area contributed by atoms with E-state index in [1.807, 2.05) is 10.9 Å². The lowest BCUT2D eigenvalue weighted by atomic mass is 10.2. The number of sulfonamides is 1. The van der Waals surface area contributed by atoms with E-state index in [1.54, 1.807) is 0 Å². The number of H-pyrrole nitrogens is 1. The molecule has 0 radical (unpaired) electrons. The van der Waals surface area contributed by atoms with Gasteiger partial charge in [0.1, 0.15) is 11.5 Å². The molecule has 0 aliphatic heterocycles. The Balaban J connectivity index is 1.74. The van der Waals surface area contributed by atoms with Gasteiger partial charge in [0.2, 0.25) is 0 Å². The zero-order valence-electron chi connectivity index (χ0n) is 12.6. The number of aromatic amines is 1. The zero-order valence-corrected chi connectivity index (χ0v) is 13.4. The first kappa shape index (κ1) is 16.6. The van der Waals surface area contributed by atoms with E-state index in [-0.39, 0.29) is 10.6 Å². The number of halogens is 1. The zero-order chi connectivity index (χ0) is 18.0. The quantitative estimate of drug-likeness (QED) is 0.617. The Bertz CT molecular complexity index is 1100. The predicted octanol–water partition coefficient (Wildman–Crippen LogP) is 1.80. The van der Waals surface area contributed by atoms with Gasteiger partial charge in [-0.05, 0) is 48.5 Å². The Morgan fingerprint density at radius 1 is 1.12 bits per heavy atom. The minimum Gasteiger partial charge on any atom is -0.350 e. The van der Waals surface area contributed by atoms with Gasteiger partial charge in [0.05, 0.1) is 16.5 Å². The fourth-order valence-electron chi connectivity index (χ4n) is 2.17. The van der Waals surface area contributed by atoms with E-state index in [0.29, 0.717) is 16.5 Å². The molecule has 0 atom stereocenters. The van der Waals surface area contributed by atoms with Gasteiger partial charge in [-0.15, -0.1) is 4.83 Å². The highest BCUT2D eigenvalue weighted by atomic mass is 32.2. The van der Waals surface area contributed by atoms with Crippen LogP contribution in [0, 0.1) is 17.1 Å². The molecule has 3 aromatic rings. The summed E-state index contributed by atoms with van der Waals surface area (Å²) >= 11 is 0. The third-order valence-electron chi connectivity index (χ3n) is 3.42. The van der Waals surface area contributed by atoms with Crippen LogP contribution in [-0.4, -0.2) is 19.3 Å². The van der Waals surface area contributed by atoms with E-state index in [0.717, 1.165) is 0 Å². The molecule has 1 heterocycles. The molecular weight excluding hydrogens is 347 g/mol. The van der Waals surface area contributed by atoms with Crippen molar-refractivity contribution in [2.75, 3.05) is 0 Å². The topological polar surface area (TPSA) is 115 Å². The van der Waals surface area contributed by atoms with Crippen LogP contribution in [0.5, 0.6) is 0 Å². The first-order valence-corrected chi connectivity index (χ1v) is 8.48. The summed E-state index contributed by atoms with van der Waals surface area (Å²) in [5.74, 6) is -1.17. The van der Waals surface area contributed by atoms with Gasteiger partial charge in [0.25, 0.3) is 15.9 Å². The molecule has 0 saturated heterocycles. The molecule has 0 aliphatic carbocycles. The third-order valence-corrected chi connectivity index (χ3v) is 4.68. The van der Waals surface area contributed by atoms with Crippen LogP contribution >= 0.6 is 0 Å². The van der Waals surface area contributed by atoms with Crippen molar-refractivity contribution in [2.24, 2.45) is 0 Å². The number of amides is 1. The van der Waals surface area contributed by atoms with Gasteiger partial charge >= 0.3 is 0 Å². The number of hydrogen-bond acceptors (Lipinski definition) is 4. The molecule has 3 rings (SSSR count). The van der Waals surface area contributed by atoms with Crippen LogP contribution in [0.3, 0.4) is 0 Å². The maximum atomic E-state index is 13.2. The second-order valence-corrected chi connectivity index (χ2v) is 6.79. The average molecular weight is 358 g/mol. The molecule has 3 N–H and O–H groups in total. The fourth-order valence-corrected chi connectivity index (χ4v) is 3.01. The molecule has 0 saturated carbocycles. The maximum Gasteiger partial charge on any atom is 0.282 e. The second-order valence-electron chi connectivity index (χ2n) is 5.11. The highest BCUT2D eigenvalue weighted by Crippen LogP contribution is 2.16. The largest absolute Gasteiger partial charge is 0.350 e. The smallest absolute Gasteiger partial charge is 0.282 e. The lowest BCUT2D eigenvalue weighted by Crippen LogP contribution is -2.41. The number of nitrogens with zero attached hydrogens (tertiary/aromatic N) is 1. The van der Waals surface area contributed by atoms with Crippen molar-refractivity contribution >= 4 is 26.8 Å². The number of hydrazine groups is 1. The van der Waals surface area contributed by atoms with Crippen LogP contribution < -0.4 is 10.3 Å². The van der Waals surface area contributed by atoms with Crippen molar-refractivity contribution in [1.82, 2.24) is 15.2 Å². The summed E-state index contributed by atoms with van der Waals surface area (Å²) in [6.07, 6.45) is 0. The molecule has 25 heavy (non-hydrogen) atoms. The van der Waals surface area contributed by atoms with E-state index < -0.39 is 21.7 Å². The molecule has 0 fully saturated rings. The summed E-state index contributed by atoms with van der Waals surface area (Å²) in [6, 6.07) is 12.5. The molecule has 0 aliphatic rings. The number of carbonyl (C=O) groups is 1. The minimum atomic E-state index is -3.99. The van der Waals surface area contributed by atoms with Crippen LogP contribution in [0.25, 0.3) is 10.9 Å². The van der Waals surface area contributed by atoms with Crippen molar-refractivity contribution in [2.45, 2.75) is 4.90 Å². The van der Waals surface area contributed by atoms with Crippen LogP contribution in [0.1, 0.15) is 16.1 Å². The molecule has 1 aromatic heterocycles. The Kier molecular flexibility index (Phi) is 4.22. The van der Waals surface area contributed by atoms with Gasteiger partial charge < -0.3 is 4.98 Å². The standard InChI is InChI=1S/C16H11FN4O3S/c17-12-3-6-14-11(7-12)8-15(19-14)16(22)20-21-25(23,24)13-4-1-10(9-18)2-5-13/h1-8,19,21H,(H,20,22). The summed E-state index contributed by atoms with van der Waals surface area (Å²) in [7, 11) is -3.99. The Morgan fingerprint density at radius 3 is 2.52 bits per heavy atom. The lowest BCUT2D eigenvalue weighted by molar-refractivity contribution is 0.0941. The van der Waals surface area contributed by atoms with Gasteiger partial charge in [-0.25, -0.2) is 12.8 Å². The first-order valence-electron chi connectivity index (χ1n) is 7.00. The number of fused-ring (bicyclic) bond motifs is 1. The number of nitriles is 1. The monoisotopic (exact) mass is 358 g/mol. The van der Waals surface area contributed by atoms with Crippen LogP contribution in [-0.2, 0) is 10.0 Å². The predicted molar refractivity (Wildman–Crippen MR) is 87.2 cm³/mol. The molecule has 1 amide bonds. The normalized spacial score (nSPS) is 11.2. The molecular formula is C16H11FN4O3S. The van der Waals surface area contributed by atoms with E-state index in [1.165, 1.54) is 48.5 Å². The first-order chi connectivity index (χ1) is 11.9. The highest BCUT2D eigenvalue weighted by molar-refractivity contribution is 7.89. The summed E-state index contributed by atoms with van der Waals surface area (Å²) < 4.78 is 37.4. The molecule has 0 unspecified atom stereocenters. The molecule has 2 aromatic carbocycles. The summed E-state index contributed by atoms with van der Waals surface area (Å²) in [4.78, 5) is 16.7. The maximum absolute atomic E-state index is 13.2. The van der Waals surface area contributed by atoms with E-state index >= 15 is 0 Å². The average Bonchev–Trinajstić information content (AvgIpc) is 3.03. The molecule has 9 heteroatoms.